The summed E-state index contributed by atoms with van der Waals surface area (Å²) in [5.41, 5.74) is 6.95. The molecule has 0 aliphatic rings. The van der Waals surface area contributed by atoms with E-state index in [1.807, 2.05) is 0 Å². The quantitative estimate of drug-likeness (QED) is 0.756. The third kappa shape index (κ3) is 3.76. The molecule has 0 radical (unpaired) electrons. The Kier molecular flexibility index (Phi) is 4.49. The summed E-state index contributed by atoms with van der Waals surface area (Å²) in [6, 6.07) is 10.5. The average molecular weight is 304 g/mol. The van der Waals surface area contributed by atoms with Gasteiger partial charge in [0.25, 0.3) is 5.91 Å². The minimum Gasteiger partial charge on any atom is -0.508 e. The Morgan fingerprint density at radius 2 is 1.90 bits per heavy atom. The van der Waals surface area contributed by atoms with E-state index in [0.717, 1.165) is 17.2 Å². The molecule has 6 heteroatoms. The lowest BCUT2D eigenvalue weighted by Crippen LogP contribution is -2.23. The van der Waals surface area contributed by atoms with Crippen molar-refractivity contribution >= 4 is 23.1 Å². The van der Waals surface area contributed by atoms with E-state index >= 15 is 0 Å². The van der Waals surface area contributed by atoms with E-state index in [9.17, 15) is 9.18 Å². The van der Waals surface area contributed by atoms with Crippen LogP contribution in [0.15, 0.2) is 42.5 Å². The van der Waals surface area contributed by atoms with Gasteiger partial charge in [-0.2, -0.15) is 0 Å². The molecule has 0 unspecified atom stereocenters. The van der Waals surface area contributed by atoms with Gasteiger partial charge in [-0.3, -0.25) is 4.79 Å². The van der Waals surface area contributed by atoms with E-state index in [1.165, 1.54) is 12.1 Å². The first kappa shape index (κ1) is 14.9. The van der Waals surface area contributed by atoms with Gasteiger partial charge < -0.3 is 16.2 Å². The lowest BCUT2D eigenvalue weighted by atomic mass is 10.1. The molecular formula is C15H13FN2O2S. The Hall–Kier alpha value is -2.47. The van der Waals surface area contributed by atoms with Gasteiger partial charge in [0.1, 0.15) is 16.6 Å². The molecule has 4 nitrogen and oxygen atoms in total. The molecule has 2 aromatic rings. The molecule has 4 N–H and O–H groups in total. The van der Waals surface area contributed by atoms with E-state index in [0.29, 0.717) is 4.99 Å². The largest absolute Gasteiger partial charge is 0.508 e. The molecule has 1 amide bonds. The van der Waals surface area contributed by atoms with Crippen LogP contribution in [0.2, 0.25) is 0 Å². The fourth-order valence-corrected chi connectivity index (χ4v) is 1.89. The van der Waals surface area contributed by atoms with Crippen molar-refractivity contribution in [3.05, 3.63) is 65.0 Å². The van der Waals surface area contributed by atoms with Crippen molar-refractivity contribution in [2.24, 2.45) is 5.73 Å². The highest BCUT2D eigenvalue weighted by molar-refractivity contribution is 7.80. The molecule has 2 aromatic carbocycles. The summed E-state index contributed by atoms with van der Waals surface area (Å²) in [4.78, 5) is 12.2. The number of phenolic OH excluding ortho intramolecular Hbond substituents is 1. The molecule has 0 saturated heterocycles. The normalized spacial score (nSPS) is 10.1. The first-order valence-electron chi connectivity index (χ1n) is 6.13. The second kappa shape index (κ2) is 6.32. The molecular weight excluding hydrogens is 291 g/mol. The zero-order valence-corrected chi connectivity index (χ0v) is 11.8. The molecule has 0 heterocycles. The van der Waals surface area contributed by atoms with Crippen LogP contribution in [-0.2, 0) is 6.54 Å². The van der Waals surface area contributed by atoms with E-state index in [2.05, 4.69) is 5.32 Å². The van der Waals surface area contributed by atoms with Crippen LogP contribution in [0, 0.1) is 5.82 Å². The molecule has 108 valence electrons. The number of halogens is 1. The molecule has 21 heavy (non-hydrogen) atoms. The van der Waals surface area contributed by atoms with Crippen molar-refractivity contribution in [2.75, 3.05) is 0 Å². The van der Waals surface area contributed by atoms with Crippen LogP contribution < -0.4 is 11.1 Å². The predicted octanol–water partition coefficient (Wildman–Crippen LogP) is 2.10. The van der Waals surface area contributed by atoms with Crippen molar-refractivity contribution in [3.63, 3.8) is 0 Å². The lowest BCUT2D eigenvalue weighted by Gasteiger charge is -2.07. The maximum atomic E-state index is 13.5. The molecule has 0 atom stereocenters. The number of nitrogens with one attached hydrogen (secondary N) is 1. The van der Waals surface area contributed by atoms with Gasteiger partial charge in [0, 0.05) is 18.2 Å². The highest BCUT2D eigenvalue weighted by Gasteiger charge is 2.11. The predicted molar refractivity (Wildman–Crippen MR) is 81.6 cm³/mol. The number of phenols is 1. The third-order valence-electron chi connectivity index (χ3n) is 2.89. The maximum Gasteiger partial charge on any atom is 0.254 e. The summed E-state index contributed by atoms with van der Waals surface area (Å²) in [5, 5.41) is 11.7. The summed E-state index contributed by atoms with van der Waals surface area (Å²) in [6.07, 6.45) is 0. The molecule has 0 aliphatic carbocycles. The molecule has 0 spiro atoms. The van der Waals surface area contributed by atoms with Gasteiger partial charge in [-0.05, 0) is 17.7 Å². The van der Waals surface area contributed by atoms with E-state index in [4.69, 9.17) is 23.1 Å². The summed E-state index contributed by atoms with van der Waals surface area (Å²) in [7, 11) is 0. The number of benzene rings is 2. The van der Waals surface area contributed by atoms with Gasteiger partial charge >= 0.3 is 0 Å². The maximum absolute atomic E-state index is 13.5. The van der Waals surface area contributed by atoms with Gasteiger partial charge in [0.05, 0.1) is 5.56 Å². The molecule has 0 bridgehead atoms. The lowest BCUT2D eigenvalue weighted by molar-refractivity contribution is 0.0947. The molecule has 0 fully saturated rings. The van der Waals surface area contributed by atoms with Crippen molar-refractivity contribution in [1.29, 1.82) is 0 Å². The van der Waals surface area contributed by atoms with Gasteiger partial charge in [-0.1, -0.05) is 36.5 Å². The Morgan fingerprint density at radius 3 is 2.48 bits per heavy atom. The number of nitrogens with two attached hydrogens (primary N) is 1. The monoisotopic (exact) mass is 304 g/mol. The third-order valence-corrected chi connectivity index (χ3v) is 3.12. The van der Waals surface area contributed by atoms with Gasteiger partial charge in [0.2, 0.25) is 0 Å². The van der Waals surface area contributed by atoms with Crippen LogP contribution in [0.25, 0.3) is 0 Å². The number of rotatable bonds is 4. The summed E-state index contributed by atoms with van der Waals surface area (Å²) in [5.74, 6) is -1.54. The van der Waals surface area contributed by atoms with Gasteiger partial charge in [0.15, 0.2) is 0 Å². The number of amides is 1. The Labute approximate surface area is 126 Å². The Morgan fingerprint density at radius 1 is 1.24 bits per heavy atom. The van der Waals surface area contributed by atoms with Crippen molar-refractivity contribution < 1.29 is 14.3 Å². The Bertz CT molecular complexity index is 687. The first-order chi connectivity index (χ1) is 9.97. The minimum absolute atomic E-state index is 0.118. The highest BCUT2D eigenvalue weighted by atomic mass is 32.1. The zero-order chi connectivity index (χ0) is 15.4. The number of carbonyl (C=O) groups excluding carboxylic acids is 1. The van der Waals surface area contributed by atoms with Crippen molar-refractivity contribution in [2.45, 2.75) is 6.54 Å². The standard InChI is InChI=1S/C15H13FN2O2S/c16-13-7-11(19)5-6-12(13)15(20)18-8-9-1-3-10(4-2-9)14(17)21/h1-7,19H,8H2,(H2,17,21)(H,18,20). The molecule has 0 aliphatic heterocycles. The smallest absolute Gasteiger partial charge is 0.254 e. The van der Waals surface area contributed by atoms with Crippen LogP contribution in [0.3, 0.4) is 0 Å². The van der Waals surface area contributed by atoms with Crippen LogP contribution in [0.1, 0.15) is 21.5 Å². The number of carbonyl (C=O) groups is 1. The van der Waals surface area contributed by atoms with E-state index in [1.54, 1.807) is 24.3 Å². The number of aromatic hydroxyl groups is 1. The van der Waals surface area contributed by atoms with Crippen LogP contribution in [0.5, 0.6) is 5.75 Å². The van der Waals surface area contributed by atoms with E-state index in [-0.39, 0.29) is 17.9 Å². The van der Waals surface area contributed by atoms with Crippen molar-refractivity contribution in [3.8, 4) is 5.75 Å². The second-order valence-electron chi connectivity index (χ2n) is 4.41. The number of hydrogen-bond donors (Lipinski definition) is 3. The average Bonchev–Trinajstić information content (AvgIpc) is 2.45. The number of hydrogen-bond acceptors (Lipinski definition) is 3. The Balaban J connectivity index is 2.02. The van der Waals surface area contributed by atoms with Crippen LogP contribution >= 0.6 is 12.2 Å². The fourth-order valence-electron chi connectivity index (χ4n) is 1.75. The summed E-state index contributed by atoms with van der Waals surface area (Å²) >= 11 is 4.85. The molecule has 0 saturated carbocycles. The summed E-state index contributed by atoms with van der Waals surface area (Å²) in [6.45, 7) is 0.247. The highest BCUT2D eigenvalue weighted by Crippen LogP contribution is 2.15. The van der Waals surface area contributed by atoms with E-state index < -0.39 is 11.7 Å². The first-order valence-corrected chi connectivity index (χ1v) is 6.53. The fraction of sp³-hybridized carbons (Fsp3) is 0.0667. The zero-order valence-electron chi connectivity index (χ0n) is 11.0. The van der Waals surface area contributed by atoms with Crippen molar-refractivity contribution in [1.82, 2.24) is 5.32 Å². The van der Waals surface area contributed by atoms with Crippen LogP contribution in [0.4, 0.5) is 4.39 Å². The topological polar surface area (TPSA) is 75.3 Å². The van der Waals surface area contributed by atoms with Gasteiger partial charge in [-0.15, -0.1) is 0 Å². The van der Waals surface area contributed by atoms with Crippen LogP contribution in [-0.4, -0.2) is 16.0 Å². The minimum atomic E-state index is -0.767. The number of thiocarbonyl (C=S) groups is 1. The second-order valence-corrected chi connectivity index (χ2v) is 4.85. The molecule has 2 rings (SSSR count). The van der Waals surface area contributed by atoms with Gasteiger partial charge in [-0.25, -0.2) is 4.39 Å². The SMILES string of the molecule is NC(=S)c1ccc(CNC(=O)c2ccc(O)cc2F)cc1. The molecule has 0 aromatic heterocycles. The summed E-state index contributed by atoms with van der Waals surface area (Å²) < 4.78 is 13.5.